The molecule has 0 spiro atoms. The van der Waals surface area contributed by atoms with E-state index in [0.29, 0.717) is 24.5 Å². The Kier molecular flexibility index (Phi) is 6.65. The maximum Gasteiger partial charge on any atom is 0.350 e. The number of ether oxygens (including phenoxy) is 1. The number of nitrogens with zero attached hydrogens (tertiary/aromatic N) is 2. The van der Waals surface area contributed by atoms with Gasteiger partial charge in [-0.1, -0.05) is 30.3 Å². The first-order valence-electron chi connectivity index (χ1n) is 9.97. The van der Waals surface area contributed by atoms with Crippen molar-refractivity contribution in [2.24, 2.45) is 4.99 Å². The Balaban J connectivity index is 1.71. The Morgan fingerprint density at radius 1 is 1.10 bits per heavy atom. The molecule has 0 atom stereocenters. The normalized spacial score (nSPS) is 13.1. The van der Waals surface area contributed by atoms with E-state index in [0.717, 1.165) is 36.2 Å². The van der Waals surface area contributed by atoms with Gasteiger partial charge in [0, 0.05) is 18.5 Å². The van der Waals surface area contributed by atoms with Gasteiger partial charge in [0.15, 0.2) is 0 Å². The standard InChI is InChI=1S/C23H26N2O4/c1-3-25-21(24-23(25)28)10-6-8-16-7-5-9-17(13-16)18-11-12-20(29-4-2)19(14-18)15-22(26)27/h5,7,9,11-14H,3-4,6,8,10,15H2,1-2H3,(H,26,27). The fourth-order valence-electron chi connectivity index (χ4n) is 3.52. The molecule has 6 nitrogen and oxygen atoms in total. The summed E-state index contributed by atoms with van der Waals surface area (Å²) in [4.78, 5) is 28.2. The zero-order chi connectivity index (χ0) is 20.8. The second kappa shape index (κ2) is 9.37. The number of carboxylic acid groups (broad SMARTS) is 1. The van der Waals surface area contributed by atoms with Gasteiger partial charge in [-0.25, -0.2) is 4.79 Å². The highest BCUT2D eigenvalue weighted by Gasteiger charge is 2.26. The first-order chi connectivity index (χ1) is 14.0. The van der Waals surface area contributed by atoms with Gasteiger partial charge in [0.05, 0.1) is 13.0 Å². The van der Waals surface area contributed by atoms with Gasteiger partial charge in [-0.3, -0.25) is 9.69 Å². The van der Waals surface area contributed by atoms with E-state index in [-0.39, 0.29) is 12.5 Å². The van der Waals surface area contributed by atoms with Crippen LogP contribution in [0, 0.1) is 0 Å². The fourth-order valence-corrected chi connectivity index (χ4v) is 3.52. The van der Waals surface area contributed by atoms with Gasteiger partial charge >= 0.3 is 12.0 Å². The molecule has 0 radical (unpaired) electrons. The van der Waals surface area contributed by atoms with Gasteiger partial charge < -0.3 is 9.84 Å². The van der Waals surface area contributed by atoms with E-state index in [2.05, 4.69) is 17.1 Å². The topological polar surface area (TPSA) is 79.2 Å². The number of aryl methyl sites for hydroxylation is 1. The zero-order valence-corrected chi connectivity index (χ0v) is 16.9. The number of rotatable bonds is 10. The minimum absolute atomic E-state index is 0.0718. The van der Waals surface area contributed by atoms with Crippen molar-refractivity contribution >= 4 is 17.8 Å². The van der Waals surface area contributed by atoms with Crippen molar-refractivity contribution in [1.29, 1.82) is 0 Å². The predicted octanol–water partition coefficient (Wildman–Crippen LogP) is 4.56. The van der Waals surface area contributed by atoms with E-state index in [9.17, 15) is 14.7 Å². The van der Waals surface area contributed by atoms with Crippen molar-refractivity contribution in [2.45, 2.75) is 39.5 Å². The zero-order valence-electron chi connectivity index (χ0n) is 16.9. The van der Waals surface area contributed by atoms with Crippen molar-refractivity contribution in [3.63, 3.8) is 0 Å². The summed E-state index contributed by atoms with van der Waals surface area (Å²) in [5.74, 6) is 0.611. The SMILES string of the molecule is CCOc1ccc(-c2cccc(CCCC3=NC(=O)N3CC)c2)cc1CC(=O)O. The summed E-state index contributed by atoms with van der Waals surface area (Å²) in [6.07, 6.45) is 2.52. The summed E-state index contributed by atoms with van der Waals surface area (Å²) in [5, 5.41) is 9.20. The van der Waals surface area contributed by atoms with Crippen LogP contribution in [0.15, 0.2) is 47.5 Å². The molecule has 1 heterocycles. The maximum atomic E-state index is 11.4. The Morgan fingerprint density at radius 3 is 2.59 bits per heavy atom. The molecule has 1 aliphatic heterocycles. The molecule has 0 unspecified atom stereocenters. The molecule has 1 N–H and O–H groups in total. The van der Waals surface area contributed by atoms with Crippen LogP contribution in [0.1, 0.15) is 37.8 Å². The van der Waals surface area contributed by atoms with Gasteiger partial charge in [0.2, 0.25) is 0 Å². The van der Waals surface area contributed by atoms with Gasteiger partial charge in [0.1, 0.15) is 11.6 Å². The van der Waals surface area contributed by atoms with Crippen molar-refractivity contribution < 1.29 is 19.4 Å². The molecule has 0 aromatic heterocycles. The van der Waals surface area contributed by atoms with Crippen LogP contribution in [0.4, 0.5) is 4.79 Å². The van der Waals surface area contributed by atoms with Gasteiger partial charge in [-0.05, 0) is 55.5 Å². The lowest BCUT2D eigenvalue weighted by Crippen LogP contribution is -2.43. The Morgan fingerprint density at radius 2 is 1.90 bits per heavy atom. The number of amidine groups is 1. The van der Waals surface area contributed by atoms with Crippen molar-refractivity contribution in [2.75, 3.05) is 13.2 Å². The number of carbonyl (C=O) groups excluding carboxylic acids is 1. The number of aliphatic carboxylic acids is 1. The molecule has 0 saturated carbocycles. The number of hydrogen-bond donors (Lipinski definition) is 1. The lowest BCUT2D eigenvalue weighted by Gasteiger charge is -2.27. The Hall–Kier alpha value is -3.15. The second-order valence-electron chi connectivity index (χ2n) is 6.93. The summed E-state index contributed by atoms with van der Waals surface area (Å²) in [6, 6.07) is 13.8. The van der Waals surface area contributed by atoms with Crippen LogP contribution in [-0.2, 0) is 17.6 Å². The molecule has 0 saturated heterocycles. The molecule has 2 aromatic rings. The van der Waals surface area contributed by atoms with E-state index in [1.807, 2.05) is 44.2 Å². The van der Waals surface area contributed by atoms with E-state index < -0.39 is 5.97 Å². The summed E-state index contributed by atoms with van der Waals surface area (Å²) in [6.45, 7) is 5.00. The Labute approximate surface area is 170 Å². The summed E-state index contributed by atoms with van der Waals surface area (Å²) in [7, 11) is 0. The minimum Gasteiger partial charge on any atom is -0.494 e. The van der Waals surface area contributed by atoms with Crippen LogP contribution in [0.25, 0.3) is 11.1 Å². The lowest BCUT2D eigenvalue weighted by atomic mass is 9.97. The highest BCUT2D eigenvalue weighted by Crippen LogP contribution is 2.28. The summed E-state index contributed by atoms with van der Waals surface area (Å²) >= 11 is 0. The second-order valence-corrected chi connectivity index (χ2v) is 6.93. The number of benzene rings is 2. The van der Waals surface area contributed by atoms with Crippen molar-refractivity contribution in [3.8, 4) is 16.9 Å². The molecule has 2 amide bonds. The number of amides is 2. The molecule has 0 fully saturated rings. The lowest BCUT2D eigenvalue weighted by molar-refractivity contribution is -0.136. The third-order valence-corrected chi connectivity index (χ3v) is 4.91. The van der Waals surface area contributed by atoms with Crippen LogP contribution in [-0.4, -0.2) is 41.0 Å². The van der Waals surface area contributed by atoms with Gasteiger partial charge in [-0.15, -0.1) is 0 Å². The molecule has 2 aromatic carbocycles. The van der Waals surface area contributed by atoms with E-state index >= 15 is 0 Å². The number of carbonyl (C=O) groups is 2. The third kappa shape index (κ3) is 5.02. The monoisotopic (exact) mass is 394 g/mol. The minimum atomic E-state index is -0.879. The van der Waals surface area contributed by atoms with Crippen molar-refractivity contribution in [1.82, 2.24) is 4.90 Å². The highest BCUT2D eigenvalue weighted by molar-refractivity contribution is 6.11. The largest absolute Gasteiger partial charge is 0.494 e. The molecule has 29 heavy (non-hydrogen) atoms. The number of carboxylic acids is 1. The third-order valence-electron chi connectivity index (χ3n) is 4.91. The summed E-state index contributed by atoms with van der Waals surface area (Å²) < 4.78 is 5.57. The van der Waals surface area contributed by atoms with Crippen molar-refractivity contribution in [3.05, 3.63) is 53.6 Å². The van der Waals surface area contributed by atoms with Crippen LogP contribution in [0.5, 0.6) is 5.75 Å². The molecule has 0 aliphatic carbocycles. The molecule has 3 rings (SSSR count). The molecular formula is C23H26N2O4. The predicted molar refractivity (Wildman–Crippen MR) is 113 cm³/mol. The van der Waals surface area contributed by atoms with Gasteiger partial charge in [0.25, 0.3) is 0 Å². The van der Waals surface area contributed by atoms with E-state index in [4.69, 9.17) is 4.74 Å². The average Bonchev–Trinajstić information content (AvgIpc) is 2.69. The number of urea groups is 1. The number of hydrogen-bond acceptors (Lipinski definition) is 3. The molecule has 6 heteroatoms. The van der Waals surface area contributed by atoms with Gasteiger partial charge in [-0.2, -0.15) is 4.99 Å². The van der Waals surface area contributed by atoms with Crippen LogP contribution >= 0.6 is 0 Å². The molecule has 1 aliphatic rings. The molecular weight excluding hydrogens is 368 g/mol. The first-order valence-corrected chi connectivity index (χ1v) is 9.97. The highest BCUT2D eigenvalue weighted by atomic mass is 16.5. The fraction of sp³-hybridized carbons (Fsp3) is 0.348. The number of aliphatic imine (C=N–C) groups is 1. The van der Waals surface area contributed by atoms with Crippen LogP contribution in [0.3, 0.4) is 0 Å². The van der Waals surface area contributed by atoms with E-state index in [1.54, 1.807) is 4.90 Å². The summed E-state index contributed by atoms with van der Waals surface area (Å²) in [5.41, 5.74) is 3.89. The molecule has 152 valence electrons. The maximum absolute atomic E-state index is 11.4. The quantitative estimate of drug-likeness (QED) is 0.641. The first kappa shape index (κ1) is 20.6. The van der Waals surface area contributed by atoms with E-state index in [1.165, 1.54) is 5.56 Å². The molecule has 0 bridgehead atoms. The smallest absolute Gasteiger partial charge is 0.350 e. The average molecular weight is 394 g/mol. The Bertz CT molecular complexity index is 936. The van der Waals surface area contributed by atoms with Crippen LogP contribution < -0.4 is 4.74 Å². The van der Waals surface area contributed by atoms with Crippen LogP contribution in [0.2, 0.25) is 0 Å².